The van der Waals surface area contributed by atoms with E-state index >= 15 is 0 Å². The minimum Gasteiger partial charge on any atom is -0.0840 e. The molecule has 0 unspecified atom stereocenters. The summed E-state index contributed by atoms with van der Waals surface area (Å²) in [6, 6.07) is 35.7. The largest absolute Gasteiger partial charge is 0.0840 e. The lowest BCUT2D eigenvalue weighted by atomic mass is 9.90. The highest BCUT2D eigenvalue weighted by Gasteiger charge is 2.13. The van der Waals surface area contributed by atoms with Gasteiger partial charge in [0.15, 0.2) is 0 Å². The summed E-state index contributed by atoms with van der Waals surface area (Å²) < 4.78 is 0. The first-order chi connectivity index (χ1) is 12.8. The lowest BCUT2D eigenvalue weighted by Gasteiger charge is -2.15. The van der Waals surface area contributed by atoms with Crippen molar-refractivity contribution in [2.45, 2.75) is 5.92 Å². The van der Waals surface area contributed by atoms with Crippen molar-refractivity contribution in [1.82, 2.24) is 0 Å². The second-order valence-electron chi connectivity index (χ2n) is 6.38. The minimum absolute atomic E-state index is 0.122. The molecule has 0 N–H and O–H groups in total. The average Bonchev–Trinajstić information content (AvgIpc) is 2.72. The van der Waals surface area contributed by atoms with Gasteiger partial charge in [-0.2, -0.15) is 0 Å². The zero-order valence-corrected chi connectivity index (χ0v) is 15.1. The smallest absolute Gasteiger partial charge is 0.0448 e. The maximum Gasteiger partial charge on any atom is 0.0448 e. The zero-order chi connectivity index (χ0) is 17.8. The van der Waals surface area contributed by atoms with E-state index in [1.807, 2.05) is 12.1 Å². The summed E-state index contributed by atoms with van der Waals surface area (Å²) in [7, 11) is 0. The van der Waals surface area contributed by atoms with Gasteiger partial charge in [-0.25, -0.2) is 0 Å². The molecule has 1 heteroatoms. The van der Waals surface area contributed by atoms with Crippen LogP contribution in [0.4, 0.5) is 0 Å². The van der Waals surface area contributed by atoms with Crippen molar-refractivity contribution in [3.63, 3.8) is 0 Å². The first-order valence-corrected chi connectivity index (χ1v) is 9.15. The Morgan fingerprint density at radius 1 is 0.615 bits per heavy atom. The third-order valence-corrected chi connectivity index (χ3v) is 5.00. The number of allylic oxidation sites excluding steroid dienone is 1. The predicted octanol–water partition coefficient (Wildman–Crippen LogP) is 7.25. The molecule has 0 amide bonds. The van der Waals surface area contributed by atoms with E-state index in [-0.39, 0.29) is 5.92 Å². The maximum absolute atomic E-state index is 6.76. The summed E-state index contributed by atoms with van der Waals surface area (Å²) in [6.07, 6.45) is 2.15. The molecule has 0 saturated heterocycles. The van der Waals surface area contributed by atoms with Crippen LogP contribution in [0, 0.1) is 0 Å². The topological polar surface area (TPSA) is 0 Å². The molecule has 4 aromatic rings. The van der Waals surface area contributed by atoms with Crippen LogP contribution in [-0.4, -0.2) is 0 Å². The van der Waals surface area contributed by atoms with Crippen molar-refractivity contribution in [1.29, 1.82) is 0 Å². The number of halogens is 1. The fourth-order valence-electron chi connectivity index (χ4n) is 3.29. The molecule has 0 aliphatic carbocycles. The summed E-state index contributed by atoms with van der Waals surface area (Å²) in [4.78, 5) is 0. The highest BCUT2D eigenvalue weighted by atomic mass is 35.5. The lowest BCUT2D eigenvalue weighted by molar-refractivity contribution is 1.03. The lowest BCUT2D eigenvalue weighted by Crippen LogP contribution is -1.98. The van der Waals surface area contributed by atoms with Crippen LogP contribution >= 0.6 is 11.6 Å². The number of benzene rings is 4. The molecule has 0 radical (unpaired) electrons. The van der Waals surface area contributed by atoms with Gasteiger partial charge in [-0.15, -0.1) is 0 Å². The normalized spacial score (nSPS) is 11.8. The van der Waals surface area contributed by atoms with Crippen molar-refractivity contribution in [2.24, 2.45) is 0 Å². The third-order valence-electron chi connectivity index (χ3n) is 4.66. The molecule has 0 nitrogen and oxygen atoms in total. The number of hydrogen-bond donors (Lipinski definition) is 0. The average molecular weight is 355 g/mol. The molecule has 4 aromatic carbocycles. The van der Waals surface area contributed by atoms with Gasteiger partial charge in [-0.05, 0) is 33.5 Å². The highest BCUT2D eigenvalue weighted by molar-refractivity contribution is 6.48. The number of hydrogen-bond acceptors (Lipinski definition) is 0. The van der Waals surface area contributed by atoms with Gasteiger partial charge >= 0.3 is 0 Å². The van der Waals surface area contributed by atoms with Crippen LogP contribution in [0.3, 0.4) is 0 Å². The van der Waals surface area contributed by atoms with Gasteiger partial charge in [0.2, 0.25) is 0 Å². The first kappa shape index (κ1) is 16.6. The molecule has 0 bridgehead atoms. The van der Waals surface area contributed by atoms with Crippen LogP contribution in [0.2, 0.25) is 0 Å². The Kier molecular flexibility index (Phi) is 4.86. The summed E-state index contributed by atoms with van der Waals surface area (Å²) >= 11 is 6.76. The molecule has 0 atom stereocenters. The molecule has 0 spiro atoms. The van der Waals surface area contributed by atoms with Gasteiger partial charge < -0.3 is 0 Å². The van der Waals surface area contributed by atoms with Gasteiger partial charge in [0.05, 0.1) is 0 Å². The van der Waals surface area contributed by atoms with Gasteiger partial charge in [-0.3, -0.25) is 0 Å². The Morgan fingerprint density at radius 2 is 1.15 bits per heavy atom. The van der Waals surface area contributed by atoms with Crippen molar-refractivity contribution in [3.05, 3.63) is 126 Å². The van der Waals surface area contributed by atoms with Crippen molar-refractivity contribution in [3.8, 4) is 0 Å². The standard InChI is InChI=1S/C25H19Cl/c26-25(23-16-15-19-9-7-8-14-22(19)17-23)18-24(20-10-3-1-4-11-20)21-12-5-2-6-13-21/h1-18,24H. The monoisotopic (exact) mass is 354 g/mol. The Balaban J connectivity index is 1.77. The molecule has 0 fully saturated rings. The molecule has 0 aliphatic rings. The molecule has 0 saturated carbocycles. The van der Waals surface area contributed by atoms with E-state index in [0.717, 1.165) is 10.6 Å². The van der Waals surface area contributed by atoms with Crippen LogP contribution in [0.1, 0.15) is 22.6 Å². The Labute approximate surface area is 159 Å². The number of fused-ring (bicyclic) bond motifs is 1. The van der Waals surface area contributed by atoms with E-state index in [1.165, 1.54) is 21.9 Å². The van der Waals surface area contributed by atoms with Gasteiger partial charge in [-0.1, -0.05) is 115 Å². The molecule has 0 aromatic heterocycles. The number of rotatable bonds is 4. The fourth-order valence-corrected chi connectivity index (χ4v) is 3.53. The quantitative estimate of drug-likeness (QED) is 0.362. The predicted molar refractivity (Wildman–Crippen MR) is 113 cm³/mol. The van der Waals surface area contributed by atoms with E-state index in [1.54, 1.807) is 0 Å². The maximum atomic E-state index is 6.76. The SMILES string of the molecule is ClC(=CC(c1ccccc1)c1ccccc1)c1ccc2ccccc2c1. The molecule has 0 heterocycles. The van der Waals surface area contributed by atoms with Crippen LogP contribution < -0.4 is 0 Å². The zero-order valence-electron chi connectivity index (χ0n) is 14.3. The van der Waals surface area contributed by atoms with Gasteiger partial charge in [0.25, 0.3) is 0 Å². The van der Waals surface area contributed by atoms with Crippen LogP contribution in [-0.2, 0) is 0 Å². The van der Waals surface area contributed by atoms with Crippen molar-refractivity contribution < 1.29 is 0 Å². The van der Waals surface area contributed by atoms with Crippen molar-refractivity contribution >= 4 is 27.4 Å². The molecular weight excluding hydrogens is 336 g/mol. The Bertz CT molecular complexity index is 994. The van der Waals surface area contributed by atoms with E-state index < -0.39 is 0 Å². The summed E-state index contributed by atoms with van der Waals surface area (Å²) in [5.41, 5.74) is 3.51. The first-order valence-electron chi connectivity index (χ1n) is 8.78. The van der Waals surface area contributed by atoms with Crippen molar-refractivity contribution in [2.75, 3.05) is 0 Å². The van der Waals surface area contributed by atoms with Crippen LogP contribution in [0.15, 0.2) is 109 Å². The third kappa shape index (κ3) is 3.56. The highest BCUT2D eigenvalue weighted by Crippen LogP contribution is 2.32. The Hall–Kier alpha value is -2.83. The second kappa shape index (κ2) is 7.59. The molecule has 4 rings (SSSR count). The van der Waals surface area contributed by atoms with Gasteiger partial charge in [0.1, 0.15) is 0 Å². The molecule has 126 valence electrons. The minimum atomic E-state index is 0.122. The van der Waals surface area contributed by atoms with Crippen LogP contribution in [0.5, 0.6) is 0 Å². The summed E-state index contributed by atoms with van der Waals surface area (Å²) in [5, 5.41) is 3.20. The summed E-state index contributed by atoms with van der Waals surface area (Å²) in [5.74, 6) is 0.122. The van der Waals surface area contributed by atoms with Gasteiger partial charge in [0, 0.05) is 11.0 Å². The molecule has 0 aliphatic heterocycles. The Morgan fingerprint density at radius 3 is 1.77 bits per heavy atom. The fraction of sp³-hybridized carbons (Fsp3) is 0.0400. The molecular formula is C25H19Cl. The van der Waals surface area contributed by atoms with E-state index in [9.17, 15) is 0 Å². The van der Waals surface area contributed by atoms with Crippen LogP contribution in [0.25, 0.3) is 15.8 Å². The van der Waals surface area contributed by atoms with E-state index in [4.69, 9.17) is 11.6 Å². The second-order valence-corrected chi connectivity index (χ2v) is 6.78. The van der Waals surface area contributed by atoms with E-state index in [2.05, 4.69) is 97.1 Å². The summed E-state index contributed by atoms with van der Waals surface area (Å²) in [6.45, 7) is 0. The molecule has 26 heavy (non-hydrogen) atoms. The van der Waals surface area contributed by atoms with E-state index in [0.29, 0.717) is 0 Å².